The highest BCUT2D eigenvalue weighted by Gasteiger charge is 2.27. The minimum atomic E-state index is -4.42. The molecule has 10 heteroatoms. The molecule has 518 valence electrons. The third-order valence-electron chi connectivity index (χ3n) is 14.6. The topological polar surface area (TPSA) is 108 Å². The fourth-order valence-electron chi connectivity index (χ4n) is 9.16. The first-order valence-electron chi connectivity index (χ1n) is 36.2. The number of unbranched alkanes of at least 4 members (excludes halogenated alkanes) is 18. The SMILES string of the molecule is CC/C=C\C/C=C\C/C=C\C/C=C\C/C=C\C/C=C\C/C=C\C/C=C\C/C=C\C/C=C\CCCCCCC(=O)OC(COC(=O)CCCCCCCCCCCCCCCC/C=C\C/C=C\C/C=C\C/C=C\C/C=C\C/C=C\CC)COP(=O)(O)OCC[N+](C)(C)C. The highest BCUT2D eigenvalue weighted by molar-refractivity contribution is 7.47. The van der Waals surface area contributed by atoms with E-state index in [2.05, 4.69) is 208 Å². The lowest BCUT2D eigenvalue weighted by atomic mass is 10.0. The summed E-state index contributed by atoms with van der Waals surface area (Å²) in [6, 6.07) is 0. The van der Waals surface area contributed by atoms with Crippen LogP contribution in [-0.4, -0.2) is 74.9 Å². The van der Waals surface area contributed by atoms with Crippen LogP contribution < -0.4 is 0 Å². The van der Waals surface area contributed by atoms with Crippen molar-refractivity contribution in [2.24, 2.45) is 0 Å². The van der Waals surface area contributed by atoms with Crippen LogP contribution in [0.1, 0.15) is 258 Å². The van der Waals surface area contributed by atoms with Crippen LogP contribution in [0.5, 0.6) is 0 Å². The molecule has 2 atom stereocenters. The monoisotopic (exact) mass is 1290 g/mol. The molecule has 1 N–H and O–H groups in total. The second kappa shape index (κ2) is 70.2. The van der Waals surface area contributed by atoms with Gasteiger partial charge in [0.05, 0.1) is 27.7 Å². The summed E-state index contributed by atoms with van der Waals surface area (Å²) in [7, 11) is 1.43. The van der Waals surface area contributed by atoms with Gasteiger partial charge in [-0.15, -0.1) is 0 Å². The Morgan fingerprint density at radius 2 is 0.587 bits per heavy atom. The van der Waals surface area contributed by atoms with Crippen LogP contribution >= 0.6 is 7.82 Å². The molecule has 0 amide bonds. The molecule has 92 heavy (non-hydrogen) atoms. The lowest BCUT2D eigenvalue weighted by Gasteiger charge is -2.24. The first-order valence-corrected chi connectivity index (χ1v) is 37.7. The molecule has 0 aliphatic rings. The van der Waals surface area contributed by atoms with Gasteiger partial charge in [-0.25, -0.2) is 4.57 Å². The number of esters is 2. The largest absolute Gasteiger partial charge is 0.472 e. The number of likely N-dealkylation sites (N-methyl/N-ethyl adjacent to an activating group) is 1. The average molecular weight is 1290 g/mol. The zero-order valence-electron chi connectivity index (χ0n) is 59.0. The van der Waals surface area contributed by atoms with Crippen molar-refractivity contribution in [3.8, 4) is 0 Å². The number of phosphoric acid groups is 1. The van der Waals surface area contributed by atoms with Crippen LogP contribution in [0.4, 0.5) is 0 Å². The zero-order valence-corrected chi connectivity index (χ0v) is 59.8. The molecule has 0 rings (SSSR count). The van der Waals surface area contributed by atoms with E-state index in [0.29, 0.717) is 17.4 Å². The maximum atomic E-state index is 12.9. The van der Waals surface area contributed by atoms with E-state index >= 15 is 0 Å². The smallest absolute Gasteiger partial charge is 0.462 e. The van der Waals surface area contributed by atoms with Gasteiger partial charge >= 0.3 is 19.8 Å². The maximum Gasteiger partial charge on any atom is 0.472 e. The average Bonchev–Trinajstić information content (AvgIpc) is 2.14. The summed E-state index contributed by atoms with van der Waals surface area (Å²) >= 11 is 0. The molecule has 0 aliphatic heterocycles. The highest BCUT2D eigenvalue weighted by atomic mass is 31.2. The molecule has 0 bridgehead atoms. The molecule has 9 nitrogen and oxygen atoms in total. The summed E-state index contributed by atoms with van der Waals surface area (Å²) in [6.07, 6.45) is 110. The number of allylic oxidation sites excluding steroid dienone is 32. The molecule has 0 spiro atoms. The molecule has 0 aromatic heterocycles. The van der Waals surface area contributed by atoms with Crippen LogP contribution in [0.15, 0.2) is 194 Å². The molecule has 2 unspecified atom stereocenters. The summed E-state index contributed by atoms with van der Waals surface area (Å²) in [5, 5.41) is 0. The number of phosphoric ester groups is 1. The lowest BCUT2D eigenvalue weighted by Crippen LogP contribution is -2.37. The van der Waals surface area contributed by atoms with Gasteiger partial charge in [0.1, 0.15) is 19.8 Å². The molecule has 0 aromatic rings. The van der Waals surface area contributed by atoms with Crippen LogP contribution in [0.2, 0.25) is 0 Å². The standard InChI is InChI=1S/C82H132NO8P/c1-6-8-10-12-14-16-18-20-22-24-26-28-30-32-34-36-38-40-41-43-45-47-49-51-53-55-57-59-61-63-65-67-69-71-73-75-82(85)91-80(79-90-92(86,87)89-77-76-83(3,4)5)78-88-81(84)74-72-70-68-66-64-62-60-58-56-54-52-50-48-46-44-42-39-37-35-33-31-29-27-25-23-21-19-17-15-13-11-9-7-2/h8-11,14-17,20-23,26-29,32-35,38-40,42-43,45,49,51,55,57,61,63,80H,6-7,12-13,18-19,24-25,30-31,36-37,41,44,46-48,50,52-54,56,58-60,62,64-79H2,1-5H3/p+1/b10-8-,11-9-,16-14-,17-15-,22-20-,23-21-,28-26-,29-27-,34-32-,35-33-,40-38-,42-39-,45-43-,51-49-,57-55-,63-61-. The van der Waals surface area contributed by atoms with Gasteiger partial charge in [0, 0.05) is 12.8 Å². The Balaban J connectivity index is 4.17. The molecular weight excluding hydrogens is 1160 g/mol. The third kappa shape index (κ3) is 73.9. The zero-order chi connectivity index (χ0) is 66.9. The summed E-state index contributed by atoms with van der Waals surface area (Å²) in [5.74, 6) is -0.838. The van der Waals surface area contributed by atoms with Crippen molar-refractivity contribution in [1.82, 2.24) is 0 Å². The Kier molecular flexibility index (Phi) is 66.2. The fraction of sp³-hybridized carbons (Fsp3) is 0.585. The summed E-state index contributed by atoms with van der Waals surface area (Å²) in [6.45, 7) is 4.16. The van der Waals surface area contributed by atoms with Gasteiger partial charge in [0.15, 0.2) is 6.10 Å². The van der Waals surface area contributed by atoms with E-state index in [1.165, 1.54) is 77.0 Å². The van der Waals surface area contributed by atoms with Crippen LogP contribution in [0.25, 0.3) is 0 Å². The Morgan fingerprint density at radius 3 is 0.870 bits per heavy atom. The molecular formula is C82H133NO8P+. The fourth-order valence-corrected chi connectivity index (χ4v) is 9.91. The van der Waals surface area contributed by atoms with Gasteiger partial charge in [-0.3, -0.25) is 18.6 Å². The van der Waals surface area contributed by atoms with E-state index in [-0.39, 0.29) is 32.0 Å². The Labute approximate surface area is 564 Å². The van der Waals surface area contributed by atoms with Gasteiger partial charge < -0.3 is 18.9 Å². The number of quaternary nitrogens is 1. The van der Waals surface area contributed by atoms with E-state index in [1.807, 2.05) is 21.1 Å². The summed E-state index contributed by atoms with van der Waals surface area (Å²) < 4.78 is 34.7. The van der Waals surface area contributed by atoms with Crippen LogP contribution in [0, 0.1) is 0 Å². The molecule has 0 aromatic carbocycles. The van der Waals surface area contributed by atoms with Crippen molar-refractivity contribution in [1.29, 1.82) is 0 Å². The van der Waals surface area contributed by atoms with E-state index in [9.17, 15) is 19.0 Å². The normalized spacial score (nSPS) is 14.3. The predicted octanol–water partition coefficient (Wildman–Crippen LogP) is 24.0. The molecule has 0 radical (unpaired) electrons. The lowest BCUT2D eigenvalue weighted by molar-refractivity contribution is -0.870. The number of carbonyl (C=O) groups is 2. The van der Waals surface area contributed by atoms with Gasteiger partial charge in [0.2, 0.25) is 0 Å². The van der Waals surface area contributed by atoms with Gasteiger partial charge in [-0.05, 0) is 141 Å². The van der Waals surface area contributed by atoms with Gasteiger partial charge in [0.25, 0.3) is 0 Å². The first-order chi connectivity index (χ1) is 45.0. The van der Waals surface area contributed by atoms with Gasteiger partial charge in [-0.2, -0.15) is 0 Å². The Bertz CT molecular complexity index is 2260. The third-order valence-corrected chi connectivity index (χ3v) is 15.6. The van der Waals surface area contributed by atoms with Crippen LogP contribution in [-0.2, 0) is 32.7 Å². The number of nitrogens with zero attached hydrogens (tertiary/aromatic N) is 1. The van der Waals surface area contributed by atoms with Crippen molar-refractivity contribution in [3.63, 3.8) is 0 Å². The molecule has 0 fully saturated rings. The van der Waals surface area contributed by atoms with Crippen molar-refractivity contribution in [2.45, 2.75) is 264 Å². The number of rotatable bonds is 64. The molecule has 0 saturated heterocycles. The molecule has 0 saturated carbocycles. The second-order valence-corrected chi connectivity index (χ2v) is 26.0. The quantitative estimate of drug-likeness (QED) is 0.0211. The summed E-state index contributed by atoms with van der Waals surface area (Å²) in [5.41, 5.74) is 0. The predicted molar refractivity (Wildman–Crippen MR) is 399 cm³/mol. The van der Waals surface area contributed by atoms with Crippen molar-refractivity contribution in [3.05, 3.63) is 194 Å². The van der Waals surface area contributed by atoms with E-state index < -0.39 is 26.5 Å². The van der Waals surface area contributed by atoms with E-state index in [1.54, 1.807) is 0 Å². The first kappa shape index (κ1) is 86.9. The Morgan fingerprint density at radius 1 is 0.337 bits per heavy atom. The van der Waals surface area contributed by atoms with Crippen molar-refractivity contribution in [2.75, 3.05) is 47.5 Å². The van der Waals surface area contributed by atoms with Crippen LogP contribution in [0.3, 0.4) is 0 Å². The van der Waals surface area contributed by atoms with Crippen molar-refractivity contribution < 1.29 is 42.1 Å². The second-order valence-electron chi connectivity index (χ2n) is 24.5. The molecule has 0 aliphatic carbocycles. The maximum absolute atomic E-state index is 12.9. The summed E-state index contributed by atoms with van der Waals surface area (Å²) in [4.78, 5) is 35.9. The van der Waals surface area contributed by atoms with Gasteiger partial charge in [-0.1, -0.05) is 298 Å². The number of ether oxygens (including phenoxy) is 2. The minimum absolute atomic E-state index is 0.0162. The van der Waals surface area contributed by atoms with E-state index in [0.717, 1.165) is 148 Å². The number of hydrogen-bond acceptors (Lipinski definition) is 7. The Hall–Kier alpha value is -5.15. The minimum Gasteiger partial charge on any atom is -0.462 e. The number of hydrogen-bond donors (Lipinski definition) is 1. The number of carbonyl (C=O) groups excluding carboxylic acids is 2. The molecule has 0 heterocycles. The van der Waals surface area contributed by atoms with E-state index in [4.69, 9.17) is 18.5 Å². The highest BCUT2D eigenvalue weighted by Crippen LogP contribution is 2.43. The van der Waals surface area contributed by atoms with Crippen molar-refractivity contribution >= 4 is 19.8 Å².